The van der Waals surface area contributed by atoms with Crippen molar-refractivity contribution in [1.82, 2.24) is 34.6 Å². The third kappa shape index (κ3) is 5.50. The predicted octanol–water partition coefficient (Wildman–Crippen LogP) is -1.42. The van der Waals surface area contributed by atoms with Crippen LogP contribution in [0, 0.1) is 0 Å². The van der Waals surface area contributed by atoms with E-state index in [0.717, 1.165) is 0 Å². The van der Waals surface area contributed by atoms with E-state index in [0.29, 0.717) is 42.5 Å². The van der Waals surface area contributed by atoms with Crippen LogP contribution < -0.4 is 10.6 Å². The summed E-state index contributed by atoms with van der Waals surface area (Å²) in [6.45, 7) is 1.38. The number of nitrogens with one attached hydrogen (secondary N) is 2. The van der Waals surface area contributed by atoms with E-state index in [-0.39, 0.29) is 23.6 Å². The molecule has 0 radical (unpaired) electrons. The zero-order chi connectivity index (χ0) is 27.4. The first kappa shape index (κ1) is 27.1. The molecular formula is C23H29N7O8. The Bertz CT molecular complexity index is 1350. The molecule has 0 aromatic carbocycles. The van der Waals surface area contributed by atoms with Crippen LogP contribution in [-0.4, -0.2) is 100 Å². The minimum atomic E-state index is -1.32. The van der Waals surface area contributed by atoms with Gasteiger partial charge in [0.05, 0.1) is 24.2 Å². The number of aliphatic hydroxyl groups excluding tert-OH is 3. The minimum Gasteiger partial charge on any atom is -0.480 e. The van der Waals surface area contributed by atoms with Crippen LogP contribution in [-0.2, 0) is 19.1 Å². The number of hydrogen-bond donors (Lipinski definition) is 6. The summed E-state index contributed by atoms with van der Waals surface area (Å²) in [5.74, 6) is -1.23. The van der Waals surface area contributed by atoms with Crippen molar-refractivity contribution in [3.8, 4) is 0 Å². The fourth-order valence-corrected chi connectivity index (χ4v) is 4.22. The Kier molecular flexibility index (Phi) is 8.31. The normalized spacial score (nSPS) is 22.6. The lowest BCUT2D eigenvalue weighted by molar-refractivity contribution is -0.139. The number of carboxylic acid groups (broad SMARTS) is 1. The molecule has 15 nitrogen and oxygen atoms in total. The summed E-state index contributed by atoms with van der Waals surface area (Å²) in [4.78, 5) is 47.5. The van der Waals surface area contributed by atoms with Crippen LogP contribution >= 0.6 is 0 Å². The van der Waals surface area contributed by atoms with Crippen molar-refractivity contribution in [1.29, 1.82) is 0 Å². The fourth-order valence-electron chi connectivity index (χ4n) is 4.22. The maximum Gasteiger partial charge on any atom is 0.326 e. The number of fused-ring (bicyclic) bond motifs is 3. The molecule has 1 saturated heterocycles. The van der Waals surface area contributed by atoms with Crippen molar-refractivity contribution < 1.29 is 39.5 Å². The van der Waals surface area contributed by atoms with Crippen LogP contribution in [0.25, 0.3) is 22.4 Å². The van der Waals surface area contributed by atoms with Gasteiger partial charge in [0.1, 0.15) is 30.7 Å². The monoisotopic (exact) mass is 531 g/mol. The van der Waals surface area contributed by atoms with Gasteiger partial charge >= 0.3 is 5.97 Å². The second-order valence-corrected chi connectivity index (χ2v) is 8.91. The van der Waals surface area contributed by atoms with Crippen LogP contribution in [0.15, 0.2) is 25.1 Å². The molecule has 0 aliphatic carbocycles. The van der Waals surface area contributed by atoms with Crippen molar-refractivity contribution in [2.75, 3.05) is 13.2 Å². The predicted molar refractivity (Wildman–Crippen MR) is 130 cm³/mol. The van der Waals surface area contributed by atoms with E-state index in [2.05, 4.69) is 25.6 Å². The molecule has 1 amide bonds. The highest BCUT2D eigenvalue weighted by atomic mass is 16.6. The number of aliphatic hydroxyl groups is 3. The van der Waals surface area contributed by atoms with Crippen molar-refractivity contribution >= 4 is 40.5 Å². The quantitative estimate of drug-likeness (QED) is 0.0902. The number of amides is 1. The first-order chi connectivity index (χ1) is 18.2. The van der Waals surface area contributed by atoms with E-state index < -0.39 is 43.2 Å². The van der Waals surface area contributed by atoms with Crippen LogP contribution in [0.1, 0.15) is 38.1 Å². The topological polar surface area (TPSA) is 213 Å². The average Bonchev–Trinajstić information content (AvgIpc) is 3.58. The molecule has 5 atom stereocenters. The molecule has 0 bridgehead atoms. The summed E-state index contributed by atoms with van der Waals surface area (Å²) in [6, 6.07) is -0.945. The van der Waals surface area contributed by atoms with Crippen LogP contribution in [0.3, 0.4) is 0 Å². The number of aliphatic carboxylic acids is 1. The van der Waals surface area contributed by atoms with Gasteiger partial charge in [-0.05, 0) is 19.3 Å². The van der Waals surface area contributed by atoms with Gasteiger partial charge < -0.3 is 35.8 Å². The number of aldehydes is 1. The molecule has 0 unspecified atom stereocenters. The molecule has 0 spiro atoms. The lowest BCUT2D eigenvalue weighted by Crippen LogP contribution is -2.33. The van der Waals surface area contributed by atoms with E-state index in [4.69, 9.17) is 4.74 Å². The zero-order valence-corrected chi connectivity index (χ0v) is 20.5. The number of ether oxygens (including phenoxy) is 1. The van der Waals surface area contributed by atoms with Crippen LogP contribution in [0.5, 0.6) is 0 Å². The lowest BCUT2D eigenvalue weighted by Gasteiger charge is -2.16. The number of imidazole rings is 2. The third-order valence-electron chi connectivity index (χ3n) is 6.26. The Balaban J connectivity index is 1.53. The van der Waals surface area contributed by atoms with E-state index in [1.807, 2.05) is 0 Å². The number of nitrogens with zero attached hydrogens (tertiary/aromatic N) is 5. The van der Waals surface area contributed by atoms with E-state index in [1.54, 1.807) is 10.6 Å². The molecule has 4 heterocycles. The Morgan fingerprint density at radius 2 is 1.97 bits per heavy atom. The summed E-state index contributed by atoms with van der Waals surface area (Å²) in [5.41, 5.74) is 1.33. The maximum absolute atomic E-state index is 11.8. The van der Waals surface area contributed by atoms with Crippen LogP contribution in [0.4, 0.5) is 0 Å². The summed E-state index contributed by atoms with van der Waals surface area (Å²) in [6.07, 6.45) is 3.02. The molecule has 1 aliphatic heterocycles. The Morgan fingerprint density at radius 3 is 2.63 bits per heavy atom. The SMILES string of the molecule is CC(=O)NCCCC[C@H](N/C=C(\C=O)c1cn2cnc3c(ncn3[C@@H]3O[C@H](CO)[C@@H](O)[C@H]3O)c2n1)C(=O)O. The fraction of sp³-hybridized carbons (Fsp3) is 0.478. The second kappa shape index (κ2) is 11.6. The van der Waals surface area contributed by atoms with Crippen molar-refractivity contribution in [2.24, 2.45) is 0 Å². The molecule has 3 aromatic heterocycles. The van der Waals surface area contributed by atoms with Gasteiger partial charge in [-0.1, -0.05) is 0 Å². The Morgan fingerprint density at radius 1 is 1.18 bits per heavy atom. The van der Waals surface area contributed by atoms with Gasteiger partial charge in [0.2, 0.25) is 5.91 Å². The zero-order valence-electron chi connectivity index (χ0n) is 20.5. The summed E-state index contributed by atoms with van der Waals surface area (Å²) in [7, 11) is 0. The molecule has 204 valence electrons. The molecule has 4 rings (SSSR count). The smallest absolute Gasteiger partial charge is 0.326 e. The summed E-state index contributed by atoms with van der Waals surface area (Å²) >= 11 is 0. The van der Waals surface area contributed by atoms with E-state index in [1.165, 1.54) is 30.3 Å². The number of carbonyl (C=O) groups is 3. The van der Waals surface area contributed by atoms with Gasteiger partial charge in [-0.15, -0.1) is 0 Å². The Hall–Kier alpha value is -3.92. The van der Waals surface area contributed by atoms with Gasteiger partial charge in [0.25, 0.3) is 0 Å². The third-order valence-corrected chi connectivity index (χ3v) is 6.26. The second-order valence-electron chi connectivity index (χ2n) is 8.91. The average molecular weight is 532 g/mol. The number of hydrogen-bond acceptors (Lipinski definition) is 11. The largest absolute Gasteiger partial charge is 0.480 e. The van der Waals surface area contributed by atoms with Gasteiger partial charge in [-0.25, -0.2) is 19.7 Å². The molecule has 1 fully saturated rings. The highest BCUT2D eigenvalue weighted by molar-refractivity contribution is 6.06. The number of unbranched alkanes of at least 4 members (excludes halogenated alkanes) is 1. The Labute approximate surface area is 215 Å². The van der Waals surface area contributed by atoms with Gasteiger partial charge in [0, 0.05) is 25.9 Å². The standard InChI is InChI=1S/C23H29N7O8/c1-12(33)24-5-3-2-4-14(23(36)37)25-6-13(8-31)15-7-29-10-27-20-17(21(29)28-15)26-11-30(20)22-19(35)18(34)16(9-32)38-22/h6-8,10-11,14,16,18-19,22,25,32,34-35H,2-5,9H2,1H3,(H,24,33)(H,36,37)/b13-6+/t14-,16+,18+,19+,22+/m0/s1. The van der Waals surface area contributed by atoms with Crippen molar-refractivity contribution in [3.05, 3.63) is 30.7 Å². The van der Waals surface area contributed by atoms with Gasteiger partial charge in [-0.3, -0.25) is 18.6 Å². The molecular weight excluding hydrogens is 502 g/mol. The molecule has 1 aliphatic rings. The molecule has 6 N–H and O–H groups in total. The number of carboxylic acids is 1. The minimum absolute atomic E-state index is 0.106. The van der Waals surface area contributed by atoms with Crippen molar-refractivity contribution in [3.63, 3.8) is 0 Å². The highest BCUT2D eigenvalue weighted by Gasteiger charge is 2.44. The van der Waals surface area contributed by atoms with Gasteiger partial charge in [-0.2, -0.15) is 0 Å². The van der Waals surface area contributed by atoms with E-state index >= 15 is 0 Å². The first-order valence-corrected chi connectivity index (χ1v) is 12.0. The molecule has 3 aromatic rings. The summed E-state index contributed by atoms with van der Waals surface area (Å²) < 4.78 is 8.53. The first-order valence-electron chi connectivity index (χ1n) is 12.0. The number of aromatic nitrogens is 5. The van der Waals surface area contributed by atoms with Crippen molar-refractivity contribution in [2.45, 2.75) is 56.8 Å². The molecule has 15 heteroatoms. The highest BCUT2D eigenvalue weighted by Crippen LogP contribution is 2.32. The lowest BCUT2D eigenvalue weighted by atomic mass is 10.1. The van der Waals surface area contributed by atoms with Gasteiger partial charge in [0.15, 0.2) is 29.3 Å². The van der Waals surface area contributed by atoms with Crippen LogP contribution in [0.2, 0.25) is 0 Å². The number of rotatable bonds is 12. The number of allylic oxidation sites excluding steroid dienone is 1. The molecule has 38 heavy (non-hydrogen) atoms. The van der Waals surface area contributed by atoms with E-state index in [9.17, 15) is 34.8 Å². The summed E-state index contributed by atoms with van der Waals surface area (Å²) in [5, 5.41) is 44.7. The maximum atomic E-state index is 11.8. The number of carbonyl (C=O) groups excluding carboxylic acids is 2. The molecule has 0 saturated carbocycles.